The van der Waals surface area contributed by atoms with Crippen molar-refractivity contribution < 1.29 is 17.6 Å². The molecule has 0 radical (unpaired) electrons. The Labute approximate surface area is 114 Å². The Balaban J connectivity index is 2.16. The molecule has 1 atom stereocenters. The van der Waals surface area contributed by atoms with E-state index in [1.54, 1.807) is 19.1 Å². The van der Waals surface area contributed by atoms with Gasteiger partial charge in [-0.15, -0.1) is 0 Å². The largest absolute Gasteiger partial charge is 0.469 e. The van der Waals surface area contributed by atoms with E-state index in [0.29, 0.717) is 12.2 Å². The molecule has 1 aromatic carbocycles. The van der Waals surface area contributed by atoms with E-state index in [1.807, 2.05) is 0 Å². The van der Waals surface area contributed by atoms with Crippen LogP contribution in [0.15, 0.2) is 41.0 Å². The maximum absolute atomic E-state index is 12.9. The van der Waals surface area contributed by atoms with Gasteiger partial charge in [-0.3, -0.25) is 0 Å². The van der Waals surface area contributed by atoms with Crippen molar-refractivity contribution in [3.63, 3.8) is 0 Å². The molecule has 1 heterocycles. The van der Waals surface area contributed by atoms with Crippen molar-refractivity contribution in [1.82, 2.24) is 0 Å². The first-order valence-electron chi connectivity index (χ1n) is 6.12. The van der Waals surface area contributed by atoms with Crippen molar-refractivity contribution in [2.45, 2.75) is 25.6 Å². The summed E-state index contributed by atoms with van der Waals surface area (Å²) in [4.78, 5) is 0. The zero-order valence-corrected chi connectivity index (χ0v) is 10.9. The highest BCUT2D eigenvalue weighted by Gasteiger charge is 2.34. The number of halogens is 3. The van der Waals surface area contributed by atoms with Crippen LogP contribution in [0.5, 0.6) is 0 Å². The molecule has 0 fully saturated rings. The van der Waals surface area contributed by atoms with Crippen LogP contribution in [0.2, 0.25) is 0 Å². The van der Waals surface area contributed by atoms with Crippen LogP contribution in [0.25, 0.3) is 0 Å². The molecule has 0 amide bonds. The number of nitrogen functional groups attached to an aromatic ring is 1. The Morgan fingerprint density at radius 2 is 2.05 bits per heavy atom. The number of hydrogen-bond acceptors (Lipinski definition) is 3. The van der Waals surface area contributed by atoms with Gasteiger partial charge in [-0.25, -0.2) is 0 Å². The molecule has 1 aromatic heterocycles. The molecule has 2 rings (SSSR count). The van der Waals surface area contributed by atoms with Gasteiger partial charge in [-0.05, 0) is 37.3 Å². The number of benzene rings is 1. The lowest BCUT2D eigenvalue weighted by molar-refractivity contribution is -0.136. The van der Waals surface area contributed by atoms with Gasteiger partial charge in [0, 0.05) is 23.8 Å². The monoisotopic (exact) mass is 284 g/mol. The van der Waals surface area contributed by atoms with E-state index in [-0.39, 0.29) is 17.4 Å². The number of rotatable bonds is 4. The molecular formula is C14H15F3N2O. The number of furan rings is 1. The second-order valence-corrected chi connectivity index (χ2v) is 4.63. The van der Waals surface area contributed by atoms with Gasteiger partial charge in [0.25, 0.3) is 0 Å². The minimum atomic E-state index is -4.44. The summed E-state index contributed by atoms with van der Waals surface area (Å²) in [6.07, 6.45) is -2.41. The van der Waals surface area contributed by atoms with E-state index >= 15 is 0 Å². The second-order valence-electron chi connectivity index (χ2n) is 4.63. The summed E-state index contributed by atoms with van der Waals surface area (Å²) in [6, 6.07) is 7.04. The number of hydrogen-bond donors (Lipinski definition) is 2. The van der Waals surface area contributed by atoms with Crippen LogP contribution >= 0.6 is 0 Å². The van der Waals surface area contributed by atoms with Crippen molar-refractivity contribution in [3.8, 4) is 0 Å². The van der Waals surface area contributed by atoms with Crippen LogP contribution in [-0.2, 0) is 12.6 Å². The van der Waals surface area contributed by atoms with Gasteiger partial charge < -0.3 is 15.5 Å². The fourth-order valence-electron chi connectivity index (χ4n) is 1.97. The lowest BCUT2D eigenvalue weighted by atomic mass is 10.1. The van der Waals surface area contributed by atoms with Crippen LogP contribution in [0, 0.1) is 0 Å². The van der Waals surface area contributed by atoms with Gasteiger partial charge >= 0.3 is 6.18 Å². The van der Waals surface area contributed by atoms with E-state index in [1.165, 1.54) is 18.4 Å². The third kappa shape index (κ3) is 3.46. The Morgan fingerprint density at radius 1 is 1.30 bits per heavy atom. The Morgan fingerprint density at radius 3 is 2.65 bits per heavy atom. The smallest absolute Gasteiger partial charge is 0.418 e. The van der Waals surface area contributed by atoms with Crippen molar-refractivity contribution in [1.29, 1.82) is 0 Å². The number of nitrogens with one attached hydrogen (secondary N) is 1. The first kappa shape index (κ1) is 14.3. The standard InChI is InChI=1S/C14H15F3N2O/c1-9(7-11-3-2-6-20-11)19-13-5-4-10(18)8-12(13)14(15,16)17/h2-6,8-9,19H,7,18H2,1H3. The van der Waals surface area contributed by atoms with E-state index in [2.05, 4.69) is 5.32 Å². The van der Waals surface area contributed by atoms with Gasteiger partial charge in [-0.2, -0.15) is 13.2 Å². The molecule has 108 valence electrons. The zero-order chi connectivity index (χ0) is 14.8. The van der Waals surface area contributed by atoms with E-state index < -0.39 is 11.7 Å². The Hall–Kier alpha value is -2.11. The summed E-state index contributed by atoms with van der Waals surface area (Å²) < 4.78 is 44.0. The number of alkyl halides is 3. The summed E-state index contributed by atoms with van der Waals surface area (Å²) in [5.74, 6) is 0.717. The van der Waals surface area contributed by atoms with Crippen LogP contribution < -0.4 is 11.1 Å². The zero-order valence-electron chi connectivity index (χ0n) is 10.9. The minimum Gasteiger partial charge on any atom is -0.469 e. The van der Waals surface area contributed by atoms with Crippen LogP contribution in [0.1, 0.15) is 18.2 Å². The number of anilines is 2. The fourth-order valence-corrected chi connectivity index (χ4v) is 1.97. The fraction of sp³-hybridized carbons (Fsp3) is 0.286. The molecule has 0 aliphatic heterocycles. The topological polar surface area (TPSA) is 51.2 Å². The Kier molecular flexibility index (Phi) is 3.92. The van der Waals surface area contributed by atoms with Gasteiger partial charge in [-0.1, -0.05) is 0 Å². The summed E-state index contributed by atoms with van der Waals surface area (Å²) in [7, 11) is 0. The molecule has 0 saturated heterocycles. The predicted molar refractivity (Wildman–Crippen MR) is 71.4 cm³/mol. The van der Waals surface area contributed by atoms with E-state index in [9.17, 15) is 13.2 Å². The predicted octanol–water partition coefficient (Wildman–Crippen LogP) is 3.92. The second kappa shape index (κ2) is 5.48. The van der Waals surface area contributed by atoms with E-state index in [0.717, 1.165) is 6.07 Å². The van der Waals surface area contributed by atoms with Crippen molar-refractivity contribution in [2.24, 2.45) is 0 Å². The lowest BCUT2D eigenvalue weighted by Crippen LogP contribution is -2.21. The lowest BCUT2D eigenvalue weighted by Gasteiger charge is -2.19. The molecule has 0 aliphatic carbocycles. The summed E-state index contributed by atoms with van der Waals surface area (Å²) in [6.45, 7) is 1.79. The average Bonchev–Trinajstić information content (AvgIpc) is 2.82. The molecule has 20 heavy (non-hydrogen) atoms. The van der Waals surface area contributed by atoms with Gasteiger partial charge in [0.2, 0.25) is 0 Å². The highest BCUT2D eigenvalue weighted by atomic mass is 19.4. The molecule has 0 saturated carbocycles. The summed E-state index contributed by atoms with van der Waals surface area (Å²) >= 11 is 0. The molecule has 3 nitrogen and oxygen atoms in total. The molecule has 0 aliphatic rings. The van der Waals surface area contributed by atoms with Gasteiger partial charge in [0.15, 0.2) is 0 Å². The van der Waals surface area contributed by atoms with Gasteiger partial charge in [0.1, 0.15) is 5.76 Å². The van der Waals surface area contributed by atoms with Crippen molar-refractivity contribution in [3.05, 3.63) is 47.9 Å². The van der Waals surface area contributed by atoms with Crippen molar-refractivity contribution >= 4 is 11.4 Å². The first-order valence-corrected chi connectivity index (χ1v) is 6.12. The molecule has 0 spiro atoms. The van der Waals surface area contributed by atoms with Gasteiger partial charge in [0.05, 0.1) is 11.8 Å². The molecule has 0 bridgehead atoms. The Bertz CT molecular complexity index is 564. The molecule has 2 aromatic rings. The molecule has 6 heteroatoms. The van der Waals surface area contributed by atoms with Crippen molar-refractivity contribution in [2.75, 3.05) is 11.1 Å². The van der Waals surface area contributed by atoms with Crippen LogP contribution in [0.4, 0.5) is 24.5 Å². The third-order valence-electron chi connectivity index (χ3n) is 2.84. The quantitative estimate of drug-likeness (QED) is 0.836. The van der Waals surface area contributed by atoms with E-state index in [4.69, 9.17) is 10.2 Å². The minimum absolute atomic E-state index is 0.0192. The summed E-state index contributed by atoms with van der Waals surface area (Å²) in [5.41, 5.74) is 4.77. The number of nitrogens with two attached hydrogens (primary N) is 1. The molecule has 1 unspecified atom stereocenters. The van der Waals surface area contributed by atoms with Crippen LogP contribution in [-0.4, -0.2) is 6.04 Å². The highest BCUT2D eigenvalue weighted by Crippen LogP contribution is 2.36. The maximum atomic E-state index is 12.9. The average molecular weight is 284 g/mol. The normalized spacial score (nSPS) is 13.2. The van der Waals surface area contributed by atoms with Crippen LogP contribution in [0.3, 0.4) is 0 Å². The molecule has 3 N–H and O–H groups in total. The maximum Gasteiger partial charge on any atom is 0.418 e. The highest BCUT2D eigenvalue weighted by molar-refractivity contribution is 5.59. The SMILES string of the molecule is CC(Cc1ccco1)Nc1ccc(N)cc1C(F)(F)F. The third-order valence-corrected chi connectivity index (χ3v) is 2.84. The first-order chi connectivity index (χ1) is 9.36. The summed E-state index contributed by atoms with van der Waals surface area (Å²) in [5, 5.41) is 2.85. The molecular weight excluding hydrogens is 269 g/mol.